The van der Waals surface area contributed by atoms with Crippen molar-refractivity contribution in [1.82, 2.24) is 10.3 Å². The molecular formula is C15H24N2O3S2. The molecule has 1 saturated carbocycles. The van der Waals surface area contributed by atoms with Gasteiger partial charge < -0.3 is 5.32 Å². The summed E-state index contributed by atoms with van der Waals surface area (Å²) in [5, 5.41) is 5.47. The van der Waals surface area contributed by atoms with Crippen LogP contribution in [0.15, 0.2) is 5.38 Å². The van der Waals surface area contributed by atoms with Gasteiger partial charge in [0.1, 0.15) is 5.75 Å². The number of nitrogens with zero attached hydrogens (tertiary/aromatic N) is 1. The summed E-state index contributed by atoms with van der Waals surface area (Å²) < 4.78 is 24.2. The number of carbonyl (C=O) groups is 1. The fourth-order valence-corrected chi connectivity index (χ4v) is 5.26. The molecule has 5 nitrogen and oxygen atoms in total. The van der Waals surface area contributed by atoms with Crippen LogP contribution in [-0.2, 0) is 21.1 Å². The van der Waals surface area contributed by atoms with Crippen LogP contribution in [0.1, 0.15) is 56.2 Å². The molecule has 1 aliphatic carbocycles. The number of amides is 1. The summed E-state index contributed by atoms with van der Waals surface area (Å²) in [6, 6.07) is 0. The second-order valence-electron chi connectivity index (χ2n) is 6.15. The quantitative estimate of drug-likeness (QED) is 0.823. The maximum atomic E-state index is 12.1. The predicted octanol–water partition coefficient (Wildman–Crippen LogP) is 2.28. The van der Waals surface area contributed by atoms with Crippen molar-refractivity contribution in [3.8, 4) is 0 Å². The van der Waals surface area contributed by atoms with Crippen LogP contribution in [0, 0.1) is 0 Å². The highest BCUT2D eigenvalue weighted by Crippen LogP contribution is 2.25. The highest BCUT2D eigenvalue weighted by Gasteiger charge is 2.30. The van der Waals surface area contributed by atoms with Gasteiger partial charge in [-0.15, -0.1) is 11.3 Å². The Morgan fingerprint density at radius 2 is 2.09 bits per heavy atom. The van der Waals surface area contributed by atoms with Gasteiger partial charge in [0.05, 0.1) is 16.0 Å². The van der Waals surface area contributed by atoms with Crippen LogP contribution >= 0.6 is 11.3 Å². The highest BCUT2D eigenvalue weighted by molar-refractivity contribution is 7.92. The summed E-state index contributed by atoms with van der Waals surface area (Å²) >= 11 is 1.62. The van der Waals surface area contributed by atoms with Crippen LogP contribution in [0.4, 0.5) is 0 Å². The van der Waals surface area contributed by atoms with Crippen molar-refractivity contribution in [2.24, 2.45) is 0 Å². The van der Waals surface area contributed by atoms with Gasteiger partial charge in [0, 0.05) is 24.3 Å². The van der Waals surface area contributed by atoms with E-state index in [2.05, 4.69) is 24.1 Å². The Hall–Kier alpha value is -0.950. The molecule has 2 rings (SSSR count). The summed E-state index contributed by atoms with van der Waals surface area (Å²) in [6.07, 6.45) is 3.94. The first-order chi connectivity index (χ1) is 10.4. The van der Waals surface area contributed by atoms with E-state index in [9.17, 15) is 13.2 Å². The van der Waals surface area contributed by atoms with E-state index in [0.29, 0.717) is 31.7 Å². The molecule has 0 atom stereocenters. The average Bonchev–Trinajstić information content (AvgIpc) is 3.09. The number of aromatic nitrogens is 1. The van der Waals surface area contributed by atoms with Crippen LogP contribution in [0.5, 0.6) is 0 Å². The molecule has 0 radical (unpaired) electrons. The van der Waals surface area contributed by atoms with E-state index >= 15 is 0 Å². The first-order valence-corrected chi connectivity index (χ1v) is 10.4. The summed E-state index contributed by atoms with van der Waals surface area (Å²) in [5.41, 5.74) is 0.952. The molecule has 1 amide bonds. The Morgan fingerprint density at radius 3 is 2.68 bits per heavy atom. The van der Waals surface area contributed by atoms with Gasteiger partial charge in [0.15, 0.2) is 9.84 Å². The van der Waals surface area contributed by atoms with Gasteiger partial charge in [-0.3, -0.25) is 4.79 Å². The normalized spacial score (nSPS) is 16.3. The summed E-state index contributed by atoms with van der Waals surface area (Å²) in [4.78, 5) is 16.3. The van der Waals surface area contributed by atoms with Crippen molar-refractivity contribution in [3.05, 3.63) is 16.1 Å². The van der Waals surface area contributed by atoms with Crippen LogP contribution in [0.25, 0.3) is 0 Å². The molecule has 0 aromatic carbocycles. The Morgan fingerprint density at radius 1 is 1.41 bits per heavy atom. The number of sulfone groups is 1. The first kappa shape index (κ1) is 17.4. The van der Waals surface area contributed by atoms with Crippen LogP contribution in [0.3, 0.4) is 0 Å². The number of hydrogen-bond acceptors (Lipinski definition) is 5. The monoisotopic (exact) mass is 344 g/mol. The Kier molecular flexibility index (Phi) is 5.97. The van der Waals surface area contributed by atoms with Crippen molar-refractivity contribution in [1.29, 1.82) is 0 Å². The van der Waals surface area contributed by atoms with E-state index < -0.39 is 15.7 Å². The zero-order valence-corrected chi connectivity index (χ0v) is 14.8. The van der Waals surface area contributed by atoms with Gasteiger partial charge in [-0.1, -0.05) is 26.7 Å². The smallest absolute Gasteiger partial charge is 0.235 e. The number of hydrogen-bond donors (Lipinski definition) is 1. The fourth-order valence-electron chi connectivity index (χ4n) is 2.63. The van der Waals surface area contributed by atoms with Crippen LogP contribution < -0.4 is 5.32 Å². The predicted molar refractivity (Wildman–Crippen MR) is 89.0 cm³/mol. The molecule has 0 saturated heterocycles. The molecule has 124 valence electrons. The van der Waals surface area contributed by atoms with Gasteiger partial charge >= 0.3 is 0 Å². The standard InChI is InChI=1S/C15H24N2O3S2/c1-11(2)15-17-12(9-21-15)7-8-16-14(18)10-22(19,20)13-5-3-4-6-13/h9,11,13H,3-8,10H2,1-2H3,(H,16,18). The van der Waals surface area contributed by atoms with Crippen molar-refractivity contribution in [2.75, 3.05) is 12.3 Å². The van der Waals surface area contributed by atoms with Crippen molar-refractivity contribution < 1.29 is 13.2 Å². The minimum absolute atomic E-state index is 0.314. The first-order valence-electron chi connectivity index (χ1n) is 7.81. The molecule has 1 N–H and O–H groups in total. The molecule has 0 bridgehead atoms. The Bertz CT molecular complexity index is 602. The second kappa shape index (κ2) is 7.55. The van der Waals surface area contributed by atoms with Gasteiger partial charge in [0.25, 0.3) is 0 Å². The maximum absolute atomic E-state index is 12.1. The molecule has 1 heterocycles. The number of carbonyl (C=O) groups excluding carboxylic acids is 1. The van der Waals surface area contributed by atoms with E-state index in [1.165, 1.54) is 0 Å². The largest absolute Gasteiger partial charge is 0.355 e. The molecule has 0 unspecified atom stereocenters. The van der Waals surface area contributed by atoms with Crippen molar-refractivity contribution >= 4 is 27.1 Å². The lowest BCUT2D eigenvalue weighted by atomic mass is 10.2. The van der Waals surface area contributed by atoms with Gasteiger partial charge in [-0.25, -0.2) is 13.4 Å². The third-order valence-corrected chi connectivity index (χ3v) is 7.25. The van der Waals surface area contributed by atoms with E-state index in [1.807, 2.05) is 5.38 Å². The van der Waals surface area contributed by atoms with E-state index in [1.54, 1.807) is 11.3 Å². The molecule has 1 aliphatic rings. The van der Waals surface area contributed by atoms with Crippen molar-refractivity contribution in [2.45, 2.75) is 57.1 Å². The molecule has 1 aromatic heterocycles. The molecule has 0 aliphatic heterocycles. The van der Waals surface area contributed by atoms with Gasteiger partial charge in [-0.05, 0) is 12.8 Å². The summed E-state index contributed by atoms with van der Waals surface area (Å²) in [7, 11) is -3.29. The van der Waals surface area contributed by atoms with Crippen molar-refractivity contribution in [3.63, 3.8) is 0 Å². The molecule has 7 heteroatoms. The van der Waals surface area contributed by atoms with Crippen LogP contribution in [-0.4, -0.2) is 36.9 Å². The van der Waals surface area contributed by atoms with Crippen LogP contribution in [0.2, 0.25) is 0 Å². The number of nitrogens with one attached hydrogen (secondary N) is 1. The summed E-state index contributed by atoms with van der Waals surface area (Å²) in [5.74, 6) is -0.373. The Labute approximate surface area is 136 Å². The third kappa shape index (κ3) is 4.78. The fraction of sp³-hybridized carbons (Fsp3) is 0.733. The molecule has 22 heavy (non-hydrogen) atoms. The zero-order chi connectivity index (χ0) is 16.2. The molecule has 0 spiro atoms. The summed E-state index contributed by atoms with van der Waals surface area (Å²) in [6.45, 7) is 4.62. The minimum atomic E-state index is -3.29. The van der Waals surface area contributed by atoms with E-state index in [-0.39, 0.29) is 11.0 Å². The third-order valence-electron chi connectivity index (χ3n) is 3.91. The average molecular weight is 345 g/mol. The van der Waals surface area contributed by atoms with E-state index in [4.69, 9.17) is 0 Å². The topological polar surface area (TPSA) is 76.1 Å². The lowest BCUT2D eigenvalue weighted by Crippen LogP contribution is -2.35. The van der Waals surface area contributed by atoms with E-state index in [0.717, 1.165) is 23.5 Å². The number of rotatable bonds is 7. The maximum Gasteiger partial charge on any atom is 0.235 e. The molecular weight excluding hydrogens is 320 g/mol. The highest BCUT2D eigenvalue weighted by atomic mass is 32.2. The lowest BCUT2D eigenvalue weighted by molar-refractivity contribution is -0.118. The SMILES string of the molecule is CC(C)c1nc(CCNC(=O)CS(=O)(=O)C2CCCC2)cs1. The van der Waals surface area contributed by atoms with Gasteiger partial charge in [-0.2, -0.15) is 0 Å². The second-order valence-corrected chi connectivity index (χ2v) is 9.32. The number of thiazole rings is 1. The Balaban J connectivity index is 1.75. The lowest BCUT2D eigenvalue weighted by Gasteiger charge is -2.10. The van der Waals surface area contributed by atoms with Gasteiger partial charge in [0.2, 0.25) is 5.91 Å². The molecule has 1 fully saturated rings. The molecule has 1 aromatic rings. The zero-order valence-electron chi connectivity index (χ0n) is 13.2. The minimum Gasteiger partial charge on any atom is -0.355 e.